The maximum absolute atomic E-state index is 5.77. The molecule has 0 aromatic heterocycles. The zero-order chi connectivity index (χ0) is 12.1. The molecule has 2 aromatic rings. The minimum atomic E-state index is 0.556. The van der Waals surface area contributed by atoms with Crippen molar-refractivity contribution in [2.24, 2.45) is 0 Å². The van der Waals surface area contributed by atoms with Gasteiger partial charge in [0.15, 0.2) is 11.5 Å². The summed E-state index contributed by atoms with van der Waals surface area (Å²) in [5.41, 5.74) is 2.31. The Kier molecular flexibility index (Phi) is 3.71. The quantitative estimate of drug-likeness (QED) is 0.736. The first-order chi connectivity index (χ1) is 8.29. The lowest BCUT2D eigenvalue weighted by Crippen LogP contribution is -2.05. The van der Waals surface area contributed by atoms with Gasteiger partial charge in [-0.3, -0.25) is 0 Å². The molecule has 0 atom stereocenters. The van der Waals surface area contributed by atoms with Gasteiger partial charge in [-0.1, -0.05) is 41.9 Å². The zero-order valence-corrected chi connectivity index (χ0v) is 10.1. The van der Waals surface area contributed by atoms with E-state index in [9.17, 15) is 0 Å². The largest absolute Gasteiger partial charge is 0.493 e. The Labute approximate surface area is 103 Å². The summed E-state index contributed by atoms with van der Waals surface area (Å²) >= 11 is 0. The van der Waals surface area contributed by atoms with Crippen molar-refractivity contribution in [1.29, 1.82) is 0 Å². The average Bonchev–Trinajstić information content (AvgIpc) is 2.38. The molecule has 0 amide bonds. The topological polar surface area (TPSA) is 18.5 Å². The molecule has 0 unspecified atom stereocenters. The van der Waals surface area contributed by atoms with Crippen LogP contribution in [-0.2, 0) is 6.61 Å². The van der Waals surface area contributed by atoms with Gasteiger partial charge in [0.2, 0.25) is 0 Å². The number of rotatable bonds is 4. The molecule has 0 N–H and O–H groups in total. The van der Waals surface area contributed by atoms with Crippen molar-refractivity contribution in [1.82, 2.24) is 0 Å². The zero-order valence-electron chi connectivity index (χ0n) is 10.1. The maximum atomic E-state index is 5.77. The van der Waals surface area contributed by atoms with E-state index >= 15 is 0 Å². The summed E-state index contributed by atoms with van der Waals surface area (Å²) < 4.78 is 11.0. The fraction of sp³-hybridized carbons (Fsp3) is 0.143. The molecule has 2 rings (SSSR count). The van der Waals surface area contributed by atoms with E-state index in [0.717, 1.165) is 22.5 Å². The van der Waals surface area contributed by atoms with Gasteiger partial charge in [0.1, 0.15) is 14.5 Å². The van der Waals surface area contributed by atoms with E-state index < -0.39 is 0 Å². The molecule has 0 bridgehead atoms. The van der Waals surface area contributed by atoms with Gasteiger partial charge in [-0.05, 0) is 17.7 Å². The number of ether oxygens (including phenoxy) is 2. The van der Waals surface area contributed by atoms with Gasteiger partial charge < -0.3 is 9.47 Å². The standard InChI is InChI=1S/C14H15BO2/c1-16-13-8-7-12(15)9-14(13)17-10-11-5-3-2-4-6-11/h2-9H,10,15H2,1H3. The van der Waals surface area contributed by atoms with Crippen LogP contribution in [-0.4, -0.2) is 15.0 Å². The summed E-state index contributed by atoms with van der Waals surface area (Å²) in [5.74, 6) is 1.56. The molecule has 0 aliphatic heterocycles. The second-order valence-corrected chi connectivity index (χ2v) is 3.93. The minimum absolute atomic E-state index is 0.556. The van der Waals surface area contributed by atoms with Gasteiger partial charge in [-0.15, -0.1) is 0 Å². The van der Waals surface area contributed by atoms with Crippen molar-refractivity contribution in [3.05, 3.63) is 54.1 Å². The van der Waals surface area contributed by atoms with Gasteiger partial charge in [0.05, 0.1) is 7.11 Å². The lowest BCUT2D eigenvalue weighted by Gasteiger charge is -2.11. The number of methoxy groups -OCH3 is 1. The first-order valence-electron chi connectivity index (χ1n) is 5.61. The molecule has 0 saturated heterocycles. The summed E-state index contributed by atoms with van der Waals surface area (Å²) in [6, 6.07) is 16.0. The molecule has 2 aromatic carbocycles. The van der Waals surface area contributed by atoms with Gasteiger partial charge in [0, 0.05) is 0 Å². The smallest absolute Gasteiger partial charge is 0.161 e. The highest BCUT2D eigenvalue weighted by Gasteiger charge is 2.04. The summed E-state index contributed by atoms with van der Waals surface area (Å²) in [5, 5.41) is 0. The molecule has 0 radical (unpaired) electrons. The molecule has 0 saturated carbocycles. The van der Waals surface area contributed by atoms with E-state index in [1.54, 1.807) is 7.11 Å². The summed E-state index contributed by atoms with van der Waals surface area (Å²) in [6.07, 6.45) is 0. The van der Waals surface area contributed by atoms with Crippen molar-refractivity contribution < 1.29 is 9.47 Å². The monoisotopic (exact) mass is 226 g/mol. The third-order valence-corrected chi connectivity index (χ3v) is 2.56. The summed E-state index contributed by atoms with van der Waals surface area (Å²) in [4.78, 5) is 0. The lowest BCUT2D eigenvalue weighted by molar-refractivity contribution is 0.285. The Hall–Kier alpha value is -1.90. The second-order valence-electron chi connectivity index (χ2n) is 3.93. The van der Waals surface area contributed by atoms with Crippen LogP contribution in [0.25, 0.3) is 0 Å². The van der Waals surface area contributed by atoms with Gasteiger partial charge in [-0.25, -0.2) is 0 Å². The molecule has 17 heavy (non-hydrogen) atoms. The fourth-order valence-corrected chi connectivity index (χ4v) is 1.63. The van der Waals surface area contributed by atoms with Crippen LogP contribution in [0.3, 0.4) is 0 Å². The van der Waals surface area contributed by atoms with Crippen LogP contribution in [0.1, 0.15) is 5.56 Å². The van der Waals surface area contributed by atoms with Crippen LogP contribution in [0, 0.1) is 0 Å². The molecule has 0 fully saturated rings. The molecular weight excluding hydrogens is 211 g/mol. The first-order valence-corrected chi connectivity index (χ1v) is 5.61. The number of hydrogen-bond donors (Lipinski definition) is 0. The third kappa shape index (κ3) is 3.03. The van der Waals surface area contributed by atoms with Gasteiger partial charge >= 0.3 is 0 Å². The predicted octanol–water partition coefficient (Wildman–Crippen LogP) is 1.53. The molecule has 0 aliphatic carbocycles. The van der Waals surface area contributed by atoms with E-state index in [0.29, 0.717) is 6.61 Å². The number of benzene rings is 2. The van der Waals surface area contributed by atoms with Crippen molar-refractivity contribution in [3.63, 3.8) is 0 Å². The van der Waals surface area contributed by atoms with Crippen LogP contribution in [0.15, 0.2) is 48.5 Å². The third-order valence-electron chi connectivity index (χ3n) is 2.56. The van der Waals surface area contributed by atoms with E-state index in [1.807, 2.05) is 56.4 Å². The highest BCUT2D eigenvalue weighted by atomic mass is 16.5. The Morgan fingerprint density at radius 1 is 1.00 bits per heavy atom. The second kappa shape index (κ2) is 5.44. The summed E-state index contributed by atoms with van der Waals surface area (Å²) in [6.45, 7) is 0.556. The minimum Gasteiger partial charge on any atom is -0.493 e. The lowest BCUT2D eigenvalue weighted by atomic mass is 9.96. The molecule has 0 heterocycles. The molecule has 0 spiro atoms. The maximum Gasteiger partial charge on any atom is 0.161 e. The van der Waals surface area contributed by atoms with E-state index in [4.69, 9.17) is 9.47 Å². The highest BCUT2D eigenvalue weighted by Crippen LogP contribution is 2.25. The SMILES string of the molecule is Bc1ccc(OC)c(OCc2ccccc2)c1. The van der Waals surface area contributed by atoms with Crippen molar-refractivity contribution in [2.45, 2.75) is 6.61 Å². The molecule has 2 nitrogen and oxygen atoms in total. The fourth-order valence-electron chi connectivity index (χ4n) is 1.63. The first kappa shape index (κ1) is 11.6. The van der Waals surface area contributed by atoms with Crippen LogP contribution in [0.5, 0.6) is 11.5 Å². The summed E-state index contributed by atoms with van der Waals surface area (Å²) in [7, 11) is 3.69. The van der Waals surface area contributed by atoms with Crippen molar-refractivity contribution in [2.75, 3.05) is 7.11 Å². The van der Waals surface area contributed by atoms with Crippen LogP contribution in [0.4, 0.5) is 0 Å². The van der Waals surface area contributed by atoms with E-state index in [-0.39, 0.29) is 0 Å². The molecule has 3 heteroatoms. The van der Waals surface area contributed by atoms with E-state index in [1.165, 1.54) is 0 Å². The van der Waals surface area contributed by atoms with Crippen LogP contribution in [0.2, 0.25) is 0 Å². The van der Waals surface area contributed by atoms with Crippen molar-refractivity contribution >= 4 is 13.3 Å². The molecular formula is C14H15BO2. The Morgan fingerprint density at radius 2 is 1.76 bits per heavy atom. The van der Waals surface area contributed by atoms with Gasteiger partial charge in [0.25, 0.3) is 0 Å². The van der Waals surface area contributed by atoms with Crippen molar-refractivity contribution in [3.8, 4) is 11.5 Å². The predicted molar refractivity (Wildman–Crippen MR) is 71.9 cm³/mol. The normalized spacial score (nSPS) is 9.94. The highest BCUT2D eigenvalue weighted by molar-refractivity contribution is 6.32. The van der Waals surface area contributed by atoms with Crippen LogP contribution >= 0.6 is 0 Å². The molecule has 0 aliphatic rings. The van der Waals surface area contributed by atoms with Gasteiger partial charge in [-0.2, -0.15) is 0 Å². The average molecular weight is 226 g/mol. The Morgan fingerprint density at radius 3 is 2.47 bits per heavy atom. The molecule has 86 valence electrons. The van der Waals surface area contributed by atoms with E-state index in [2.05, 4.69) is 0 Å². The van der Waals surface area contributed by atoms with Crippen LogP contribution < -0.4 is 14.9 Å². The Balaban J connectivity index is 2.11. The number of hydrogen-bond acceptors (Lipinski definition) is 2. The Bertz CT molecular complexity index is 483.